The topological polar surface area (TPSA) is 76.1 Å². The molecule has 2 rings (SSSR count). The number of nitrogens with one attached hydrogen (secondary N) is 2. The van der Waals surface area contributed by atoms with Crippen LogP contribution in [0.1, 0.15) is 42.0 Å². The monoisotopic (exact) mass is 376 g/mol. The summed E-state index contributed by atoms with van der Waals surface area (Å²) < 4.78 is 5.36. The fraction of sp³-hybridized carbons (Fsp3) is 0.421. The Bertz CT molecular complexity index is 793. The first-order valence-electron chi connectivity index (χ1n) is 8.55. The minimum Gasteiger partial charge on any atom is -0.495 e. The van der Waals surface area contributed by atoms with E-state index in [4.69, 9.17) is 16.3 Å². The third kappa shape index (κ3) is 5.33. The molecule has 0 unspecified atom stereocenters. The summed E-state index contributed by atoms with van der Waals surface area (Å²) in [6.45, 7) is 8.57. The van der Waals surface area contributed by atoms with Gasteiger partial charge in [-0.15, -0.1) is 0 Å². The van der Waals surface area contributed by atoms with Crippen molar-refractivity contribution >= 4 is 29.1 Å². The molecule has 0 aliphatic carbocycles. The van der Waals surface area contributed by atoms with Crippen molar-refractivity contribution in [2.75, 3.05) is 19.0 Å². The molecule has 140 valence electrons. The fourth-order valence-electron chi connectivity index (χ4n) is 2.36. The van der Waals surface area contributed by atoms with Gasteiger partial charge in [0.1, 0.15) is 11.4 Å². The van der Waals surface area contributed by atoms with Crippen LogP contribution < -0.4 is 15.4 Å². The van der Waals surface area contributed by atoms with Crippen LogP contribution in [-0.4, -0.2) is 29.5 Å². The van der Waals surface area contributed by atoms with Gasteiger partial charge in [-0.1, -0.05) is 25.4 Å². The first-order valence-corrected chi connectivity index (χ1v) is 8.93. The predicted molar refractivity (Wildman–Crippen MR) is 105 cm³/mol. The predicted octanol–water partition coefficient (Wildman–Crippen LogP) is 4.27. The maximum absolute atomic E-state index is 12.3. The van der Waals surface area contributed by atoms with Crippen LogP contribution in [0, 0.1) is 19.8 Å². The highest BCUT2D eigenvalue weighted by atomic mass is 35.5. The maximum Gasteiger partial charge on any atom is 0.270 e. The molecule has 0 saturated carbocycles. The third-order valence-corrected chi connectivity index (χ3v) is 4.23. The molecule has 2 aromatic rings. The number of hydrogen-bond donors (Lipinski definition) is 2. The summed E-state index contributed by atoms with van der Waals surface area (Å²) in [6, 6.07) is 5.25. The number of anilines is 2. The van der Waals surface area contributed by atoms with Gasteiger partial charge >= 0.3 is 0 Å². The number of methoxy groups -OCH3 is 1. The van der Waals surface area contributed by atoms with Gasteiger partial charge in [0.05, 0.1) is 12.8 Å². The second-order valence-electron chi connectivity index (χ2n) is 6.58. The average molecular weight is 377 g/mol. The number of carbonyl (C=O) groups excluding carboxylic acids is 1. The van der Waals surface area contributed by atoms with E-state index in [1.54, 1.807) is 19.2 Å². The van der Waals surface area contributed by atoms with Gasteiger partial charge in [0.2, 0.25) is 5.95 Å². The largest absolute Gasteiger partial charge is 0.495 e. The maximum atomic E-state index is 12.3. The summed E-state index contributed by atoms with van der Waals surface area (Å²) in [7, 11) is 1.57. The molecule has 0 aliphatic rings. The lowest BCUT2D eigenvalue weighted by molar-refractivity contribution is 0.0947. The molecule has 26 heavy (non-hydrogen) atoms. The Kier molecular flexibility index (Phi) is 6.80. The number of carbonyl (C=O) groups is 1. The molecule has 0 radical (unpaired) electrons. The number of aryl methyl sites for hydroxylation is 2. The summed E-state index contributed by atoms with van der Waals surface area (Å²) in [5, 5.41) is 6.62. The Balaban J connectivity index is 2.22. The molecule has 0 atom stereocenters. The van der Waals surface area contributed by atoms with E-state index >= 15 is 0 Å². The molecule has 0 spiro atoms. The lowest BCUT2D eigenvalue weighted by Crippen LogP contribution is -2.26. The molecule has 6 nitrogen and oxygen atoms in total. The van der Waals surface area contributed by atoms with Gasteiger partial charge in [-0.25, -0.2) is 9.97 Å². The van der Waals surface area contributed by atoms with E-state index in [1.807, 2.05) is 19.9 Å². The van der Waals surface area contributed by atoms with Crippen LogP contribution in [-0.2, 0) is 0 Å². The number of nitrogens with zero attached hydrogens (tertiary/aromatic N) is 2. The molecule has 7 heteroatoms. The van der Waals surface area contributed by atoms with E-state index in [0.29, 0.717) is 46.3 Å². The van der Waals surface area contributed by atoms with Gasteiger partial charge in [0.25, 0.3) is 5.91 Å². The number of hydrogen-bond acceptors (Lipinski definition) is 5. The highest BCUT2D eigenvalue weighted by Crippen LogP contribution is 2.32. The first kappa shape index (κ1) is 20.0. The number of halogens is 1. The Hall–Kier alpha value is -2.34. The van der Waals surface area contributed by atoms with Gasteiger partial charge in [0, 0.05) is 23.3 Å². The van der Waals surface area contributed by atoms with Crippen LogP contribution in [0.5, 0.6) is 5.75 Å². The molecule has 0 bridgehead atoms. The molecule has 1 aromatic heterocycles. The molecule has 0 saturated heterocycles. The van der Waals surface area contributed by atoms with E-state index in [2.05, 4.69) is 34.4 Å². The van der Waals surface area contributed by atoms with Crippen LogP contribution >= 0.6 is 11.6 Å². The van der Waals surface area contributed by atoms with Crippen LogP contribution in [0.2, 0.25) is 5.02 Å². The Morgan fingerprint density at radius 2 is 1.96 bits per heavy atom. The molecule has 0 aliphatic heterocycles. The van der Waals surface area contributed by atoms with Crippen molar-refractivity contribution in [2.24, 2.45) is 5.92 Å². The zero-order chi connectivity index (χ0) is 19.3. The van der Waals surface area contributed by atoms with E-state index < -0.39 is 0 Å². The summed E-state index contributed by atoms with van der Waals surface area (Å²) >= 11 is 6.14. The van der Waals surface area contributed by atoms with Crippen LogP contribution in [0.15, 0.2) is 18.2 Å². The SMILES string of the molecule is COc1cc(Cl)c(C)cc1Nc1nc(C)cc(C(=O)NCCC(C)C)n1. The highest BCUT2D eigenvalue weighted by Gasteiger charge is 2.13. The molecular formula is C19H25ClN4O2. The van der Waals surface area contributed by atoms with Gasteiger partial charge < -0.3 is 15.4 Å². The number of benzene rings is 1. The highest BCUT2D eigenvalue weighted by molar-refractivity contribution is 6.31. The van der Waals surface area contributed by atoms with E-state index in [0.717, 1.165) is 12.0 Å². The van der Waals surface area contributed by atoms with Crippen LogP contribution in [0.3, 0.4) is 0 Å². The number of ether oxygens (including phenoxy) is 1. The van der Waals surface area contributed by atoms with Crippen molar-refractivity contribution in [2.45, 2.75) is 34.1 Å². The molecule has 0 fully saturated rings. The standard InChI is InChI=1S/C19H25ClN4O2/c1-11(2)6-7-21-18(25)16-9-13(4)22-19(24-16)23-15-8-12(3)14(20)10-17(15)26-5/h8-11H,6-7H2,1-5H3,(H,21,25)(H,22,23,24). The Labute approximate surface area is 159 Å². The van der Waals surface area contributed by atoms with Crippen LogP contribution in [0.25, 0.3) is 0 Å². The smallest absolute Gasteiger partial charge is 0.270 e. The van der Waals surface area contributed by atoms with Crippen molar-refractivity contribution in [3.63, 3.8) is 0 Å². The Morgan fingerprint density at radius 1 is 1.23 bits per heavy atom. The fourth-order valence-corrected chi connectivity index (χ4v) is 2.51. The average Bonchev–Trinajstić information content (AvgIpc) is 2.57. The van der Waals surface area contributed by atoms with Crippen molar-refractivity contribution < 1.29 is 9.53 Å². The Morgan fingerprint density at radius 3 is 2.62 bits per heavy atom. The normalized spacial score (nSPS) is 10.7. The lowest BCUT2D eigenvalue weighted by atomic mass is 10.1. The second kappa shape index (κ2) is 8.85. The first-order chi connectivity index (χ1) is 12.3. The van der Waals surface area contributed by atoms with Gasteiger partial charge in [-0.05, 0) is 43.9 Å². The zero-order valence-electron chi connectivity index (χ0n) is 15.8. The molecule has 1 aromatic carbocycles. The molecular weight excluding hydrogens is 352 g/mol. The molecule has 2 N–H and O–H groups in total. The van der Waals surface area contributed by atoms with E-state index in [-0.39, 0.29) is 5.91 Å². The summed E-state index contributed by atoms with van der Waals surface area (Å²) in [5.41, 5.74) is 2.61. The minimum atomic E-state index is -0.210. The van der Waals surface area contributed by atoms with E-state index in [9.17, 15) is 4.79 Å². The minimum absolute atomic E-state index is 0.210. The lowest BCUT2D eigenvalue weighted by Gasteiger charge is -2.13. The summed E-state index contributed by atoms with van der Waals surface area (Å²) in [5.74, 6) is 1.23. The van der Waals surface area contributed by atoms with Crippen LogP contribution in [0.4, 0.5) is 11.6 Å². The molecule has 1 amide bonds. The third-order valence-electron chi connectivity index (χ3n) is 3.82. The van der Waals surface area contributed by atoms with Crippen molar-refractivity contribution in [1.82, 2.24) is 15.3 Å². The van der Waals surface area contributed by atoms with Crippen molar-refractivity contribution in [1.29, 1.82) is 0 Å². The van der Waals surface area contributed by atoms with E-state index in [1.165, 1.54) is 0 Å². The number of aromatic nitrogens is 2. The number of amides is 1. The quantitative estimate of drug-likeness (QED) is 0.754. The van der Waals surface area contributed by atoms with Crippen molar-refractivity contribution in [3.05, 3.63) is 40.2 Å². The van der Waals surface area contributed by atoms with Gasteiger partial charge in [-0.3, -0.25) is 4.79 Å². The molecule has 1 heterocycles. The summed E-state index contributed by atoms with van der Waals surface area (Å²) in [6.07, 6.45) is 0.919. The zero-order valence-corrected chi connectivity index (χ0v) is 16.6. The van der Waals surface area contributed by atoms with Crippen molar-refractivity contribution in [3.8, 4) is 5.75 Å². The second-order valence-corrected chi connectivity index (χ2v) is 6.99. The summed E-state index contributed by atoms with van der Waals surface area (Å²) in [4.78, 5) is 21.0. The van der Waals surface area contributed by atoms with Gasteiger partial charge in [0.15, 0.2) is 0 Å². The number of rotatable bonds is 7. The van der Waals surface area contributed by atoms with Gasteiger partial charge in [-0.2, -0.15) is 0 Å².